The Bertz CT molecular complexity index is 1740. The number of amides is 1. The van der Waals surface area contributed by atoms with Gasteiger partial charge in [0, 0.05) is 17.7 Å². The van der Waals surface area contributed by atoms with E-state index in [1.165, 1.54) is 25.3 Å². The van der Waals surface area contributed by atoms with Gasteiger partial charge in [0.1, 0.15) is 0 Å². The van der Waals surface area contributed by atoms with Crippen LogP contribution < -0.4 is 4.90 Å². The first-order chi connectivity index (χ1) is 20.1. The van der Waals surface area contributed by atoms with Crippen molar-refractivity contribution < 1.29 is 31.2 Å². The number of sulfone groups is 2. The zero-order chi connectivity index (χ0) is 29.9. The topological polar surface area (TPSA) is 115 Å². The molecular formula is C32H33NO7S2. The molecule has 3 aromatic rings. The van der Waals surface area contributed by atoms with Crippen LogP contribution in [0.2, 0.25) is 0 Å². The molecule has 0 N–H and O–H groups in total. The van der Waals surface area contributed by atoms with Gasteiger partial charge in [-0.3, -0.25) is 4.79 Å². The predicted octanol–water partition coefficient (Wildman–Crippen LogP) is 5.21. The Hall–Kier alpha value is -3.76. The third kappa shape index (κ3) is 6.50. The molecule has 2 aliphatic rings. The summed E-state index contributed by atoms with van der Waals surface area (Å²) in [4.78, 5) is 26.9. The van der Waals surface area contributed by atoms with Crippen molar-refractivity contribution in [3.8, 4) is 11.1 Å². The second-order valence-corrected chi connectivity index (χ2v) is 14.9. The first kappa shape index (κ1) is 29.7. The molecule has 1 amide bonds. The van der Waals surface area contributed by atoms with Gasteiger partial charge in [0.2, 0.25) is 5.91 Å². The maximum atomic E-state index is 13.8. The minimum Gasteiger partial charge on any atom is -0.466 e. The summed E-state index contributed by atoms with van der Waals surface area (Å²) in [5.74, 6) is -1.28. The summed E-state index contributed by atoms with van der Waals surface area (Å²) in [6.07, 6.45) is 7.89. The summed E-state index contributed by atoms with van der Waals surface area (Å²) in [5, 5.41) is 0. The molecule has 0 spiro atoms. The van der Waals surface area contributed by atoms with Crippen molar-refractivity contribution >= 4 is 43.3 Å². The molecule has 0 radical (unpaired) electrons. The minimum absolute atomic E-state index is 0.0546. The zero-order valence-corrected chi connectivity index (χ0v) is 25.0. The standard InChI is InChI=1S/C32H33NO7S2/c1-40-31(34)17-12-23-6-5-9-28(20-23)33(32(35)26-7-3-2-4-8-26)22-24-10-13-25(14-11-24)27-15-16-29-30(21-27)42(38,39)19-18-41(29,36)37/h5-6,9-17,20-21,26H,2-4,7-8,18-19,22H2,1H3. The molecule has 8 nitrogen and oxygen atoms in total. The molecule has 220 valence electrons. The van der Waals surface area contributed by atoms with E-state index in [9.17, 15) is 26.4 Å². The third-order valence-electron chi connectivity index (χ3n) is 7.88. The Morgan fingerprint density at radius 3 is 2.19 bits per heavy atom. The number of esters is 1. The van der Waals surface area contributed by atoms with Crippen LogP contribution >= 0.6 is 0 Å². The van der Waals surface area contributed by atoms with Crippen molar-refractivity contribution in [2.24, 2.45) is 5.92 Å². The van der Waals surface area contributed by atoms with E-state index in [0.717, 1.165) is 54.5 Å². The number of ether oxygens (including phenoxy) is 1. The van der Waals surface area contributed by atoms with Gasteiger partial charge >= 0.3 is 5.97 Å². The molecule has 0 saturated heterocycles. The van der Waals surface area contributed by atoms with Crippen molar-refractivity contribution in [2.45, 2.75) is 48.4 Å². The lowest BCUT2D eigenvalue weighted by Crippen LogP contribution is -2.36. The molecule has 1 aliphatic heterocycles. The number of hydrogen-bond donors (Lipinski definition) is 0. The molecule has 0 bridgehead atoms. The molecule has 1 heterocycles. The van der Waals surface area contributed by atoms with Gasteiger partial charge in [-0.2, -0.15) is 0 Å². The highest BCUT2D eigenvalue weighted by molar-refractivity contribution is 7.97. The third-order valence-corrected chi connectivity index (χ3v) is 11.8. The molecule has 1 saturated carbocycles. The number of methoxy groups -OCH3 is 1. The van der Waals surface area contributed by atoms with Crippen molar-refractivity contribution in [1.82, 2.24) is 0 Å². The Morgan fingerprint density at radius 1 is 0.833 bits per heavy atom. The monoisotopic (exact) mass is 607 g/mol. The van der Waals surface area contributed by atoms with Crippen LogP contribution in [0.1, 0.15) is 43.2 Å². The fourth-order valence-corrected chi connectivity index (χ4v) is 9.79. The van der Waals surface area contributed by atoms with Gasteiger partial charge in [0.05, 0.1) is 35.0 Å². The number of carbonyl (C=O) groups is 2. The van der Waals surface area contributed by atoms with E-state index in [-0.39, 0.29) is 21.6 Å². The lowest BCUT2D eigenvalue weighted by Gasteiger charge is -2.30. The first-order valence-corrected chi connectivity index (χ1v) is 17.2. The van der Waals surface area contributed by atoms with Crippen molar-refractivity contribution in [3.63, 3.8) is 0 Å². The quantitative estimate of drug-likeness (QED) is 0.267. The summed E-state index contributed by atoms with van der Waals surface area (Å²) in [6, 6.07) is 19.4. The maximum absolute atomic E-state index is 13.8. The Labute approximate surface area is 246 Å². The molecule has 10 heteroatoms. The Balaban J connectivity index is 1.44. The van der Waals surface area contributed by atoms with E-state index < -0.39 is 37.1 Å². The summed E-state index contributed by atoms with van der Waals surface area (Å²) in [6.45, 7) is 0.330. The first-order valence-electron chi connectivity index (χ1n) is 13.9. The van der Waals surface area contributed by atoms with E-state index in [4.69, 9.17) is 0 Å². The van der Waals surface area contributed by atoms with Crippen LogP contribution in [0, 0.1) is 5.92 Å². The second kappa shape index (κ2) is 12.2. The number of rotatable bonds is 7. The maximum Gasteiger partial charge on any atom is 0.330 e. The fourth-order valence-electron chi connectivity index (χ4n) is 5.51. The van der Waals surface area contributed by atoms with E-state index in [0.29, 0.717) is 12.1 Å². The predicted molar refractivity (Wildman–Crippen MR) is 161 cm³/mol. The number of carbonyl (C=O) groups excluding carboxylic acids is 2. The number of anilines is 1. The van der Waals surface area contributed by atoms with Crippen LogP contribution in [0.15, 0.2) is 82.6 Å². The van der Waals surface area contributed by atoms with Gasteiger partial charge in [-0.15, -0.1) is 0 Å². The van der Waals surface area contributed by atoms with Gasteiger partial charge in [0.25, 0.3) is 0 Å². The van der Waals surface area contributed by atoms with Crippen LogP contribution in [0.5, 0.6) is 0 Å². The average Bonchev–Trinajstić information content (AvgIpc) is 3.01. The van der Waals surface area contributed by atoms with Crippen molar-refractivity contribution in [3.05, 3.63) is 83.9 Å². The Morgan fingerprint density at radius 2 is 1.50 bits per heavy atom. The number of hydrogen-bond acceptors (Lipinski definition) is 7. The number of benzene rings is 3. The molecule has 0 unspecified atom stereocenters. The zero-order valence-electron chi connectivity index (χ0n) is 23.4. The molecule has 3 aromatic carbocycles. The van der Waals surface area contributed by atoms with Crippen molar-refractivity contribution in [1.29, 1.82) is 0 Å². The van der Waals surface area contributed by atoms with Gasteiger partial charge in [-0.25, -0.2) is 21.6 Å². The lowest BCUT2D eigenvalue weighted by molar-refractivity contribution is -0.134. The van der Waals surface area contributed by atoms with E-state index >= 15 is 0 Å². The van der Waals surface area contributed by atoms with E-state index in [1.54, 1.807) is 17.0 Å². The van der Waals surface area contributed by atoms with Gasteiger partial charge < -0.3 is 9.64 Å². The smallest absolute Gasteiger partial charge is 0.330 e. The Kier molecular flexibility index (Phi) is 8.65. The van der Waals surface area contributed by atoms with Crippen LogP contribution in [0.3, 0.4) is 0 Å². The molecule has 0 aromatic heterocycles. The van der Waals surface area contributed by atoms with Gasteiger partial charge in [-0.05, 0) is 65.4 Å². The fraction of sp³-hybridized carbons (Fsp3) is 0.312. The minimum atomic E-state index is -3.69. The number of nitrogens with zero attached hydrogens (tertiary/aromatic N) is 1. The highest BCUT2D eigenvalue weighted by Gasteiger charge is 2.34. The summed E-state index contributed by atoms with van der Waals surface area (Å²) in [5.41, 5.74) is 3.70. The molecule has 1 aliphatic carbocycles. The number of fused-ring (bicyclic) bond motifs is 1. The molecule has 0 atom stereocenters. The lowest BCUT2D eigenvalue weighted by atomic mass is 9.88. The second-order valence-electron chi connectivity index (χ2n) is 10.7. The average molecular weight is 608 g/mol. The SMILES string of the molecule is COC(=O)C=Cc1cccc(N(Cc2ccc(-c3ccc4c(c3)S(=O)(=O)CCS4(=O)=O)cc2)C(=O)C2CCCCC2)c1. The van der Waals surface area contributed by atoms with E-state index in [1.807, 2.05) is 48.5 Å². The van der Waals surface area contributed by atoms with Crippen LogP contribution in [0.4, 0.5) is 5.69 Å². The summed E-state index contributed by atoms with van der Waals surface area (Å²) in [7, 11) is -6.00. The summed E-state index contributed by atoms with van der Waals surface area (Å²) < 4.78 is 54.8. The molecular weight excluding hydrogens is 574 g/mol. The van der Waals surface area contributed by atoms with E-state index in [2.05, 4.69) is 4.74 Å². The molecule has 5 rings (SSSR count). The highest BCUT2D eigenvalue weighted by Crippen LogP contribution is 2.33. The van der Waals surface area contributed by atoms with Crippen LogP contribution in [0.25, 0.3) is 17.2 Å². The largest absolute Gasteiger partial charge is 0.466 e. The van der Waals surface area contributed by atoms with Gasteiger partial charge in [-0.1, -0.05) is 61.7 Å². The van der Waals surface area contributed by atoms with Crippen molar-refractivity contribution in [2.75, 3.05) is 23.5 Å². The summed E-state index contributed by atoms with van der Waals surface area (Å²) >= 11 is 0. The molecule has 1 fully saturated rings. The van der Waals surface area contributed by atoms with Crippen LogP contribution in [-0.2, 0) is 40.5 Å². The highest BCUT2D eigenvalue weighted by atomic mass is 32.2. The van der Waals surface area contributed by atoms with Gasteiger partial charge in [0.15, 0.2) is 19.7 Å². The van der Waals surface area contributed by atoms with Crippen LogP contribution in [-0.4, -0.2) is 47.3 Å². The normalized spacial score (nSPS) is 17.8. The molecule has 42 heavy (non-hydrogen) atoms.